The predicted octanol–water partition coefficient (Wildman–Crippen LogP) is 0.772. The van der Waals surface area contributed by atoms with Crippen LogP contribution in [0.1, 0.15) is 0 Å². The number of hydrogen-bond donors (Lipinski definition) is 2. The van der Waals surface area contributed by atoms with Crippen molar-refractivity contribution in [1.29, 1.82) is 0 Å². The molecule has 3 heterocycles. The van der Waals surface area contributed by atoms with Crippen LogP contribution in [0.15, 0.2) is 23.1 Å². The summed E-state index contributed by atoms with van der Waals surface area (Å²) in [7, 11) is 0. The first kappa shape index (κ1) is 13.0. The van der Waals surface area contributed by atoms with Gasteiger partial charge in [0.1, 0.15) is 10.8 Å². The van der Waals surface area contributed by atoms with Gasteiger partial charge in [-0.15, -0.1) is 0 Å². The van der Waals surface area contributed by atoms with Crippen molar-refractivity contribution >= 4 is 17.4 Å². The lowest BCUT2D eigenvalue weighted by atomic mass is 10.1. The summed E-state index contributed by atoms with van der Waals surface area (Å²) in [6, 6.07) is 2.80. The van der Waals surface area contributed by atoms with Crippen LogP contribution in [0, 0.1) is 5.95 Å². The Hall–Kier alpha value is -1.99. The Morgan fingerprint density at radius 3 is 2.90 bits per heavy atom. The number of pyridine rings is 1. The molecule has 0 atom stereocenters. The highest BCUT2D eigenvalue weighted by Gasteiger charge is 2.27. The van der Waals surface area contributed by atoms with Gasteiger partial charge in [0.25, 0.3) is 5.56 Å². The van der Waals surface area contributed by atoms with Crippen molar-refractivity contribution in [2.45, 2.75) is 6.04 Å². The molecule has 1 saturated heterocycles. The van der Waals surface area contributed by atoms with E-state index in [-0.39, 0.29) is 16.9 Å². The molecule has 3 N–H and O–H groups in total. The van der Waals surface area contributed by atoms with Crippen molar-refractivity contribution in [3.8, 4) is 11.4 Å². The van der Waals surface area contributed by atoms with Crippen molar-refractivity contribution in [2.75, 3.05) is 18.0 Å². The van der Waals surface area contributed by atoms with E-state index in [1.807, 2.05) is 4.90 Å². The lowest BCUT2D eigenvalue weighted by Gasteiger charge is -2.38. The fourth-order valence-corrected chi connectivity index (χ4v) is 2.24. The van der Waals surface area contributed by atoms with Gasteiger partial charge < -0.3 is 15.6 Å². The normalized spacial score (nSPS) is 15.2. The van der Waals surface area contributed by atoms with Crippen LogP contribution in [-0.4, -0.2) is 34.1 Å². The zero-order valence-electron chi connectivity index (χ0n) is 10.3. The summed E-state index contributed by atoms with van der Waals surface area (Å²) in [6.45, 7) is 1.17. The van der Waals surface area contributed by atoms with Gasteiger partial charge in [-0.25, -0.2) is 9.97 Å². The van der Waals surface area contributed by atoms with Gasteiger partial charge in [-0.05, 0) is 6.07 Å². The molecule has 3 rings (SSSR count). The van der Waals surface area contributed by atoms with E-state index in [1.165, 1.54) is 12.3 Å². The van der Waals surface area contributed by atoms with Gasteiger partial charge in [-0.2, -0.15) is 4.39 Å². The van der Waals surface area contributed by atoms with E-state index in [0.717, 1.165) is 0 Å². The number of aromatic amines is 1. The third-order valence-corrected chi connectivity index (χ3v) is 3.40. The molecule has 0 amide bonds. The summed E-state index contributed by atoms with van der Waals surface area (Å²) in [5.74, 6) is -0.0341. The minimum absolute atomic E-state index is 0.00942. The van der Waals surface area contributed by atoms with E-state index in [4.69, 9.17) is 17.3 Å². The Labute approximate surface area is 118 Å². The molecular weight excluding hydrogens is 285 g/mol. The molecule has 0 bridgehead atoms. The summed E-state index contributed by atoms with van der Waals surface area (Å²) in [5, 5.41) is 0.00942. The third-order valence-electron chi connectivity index (χ3n) is 3.05. The fourth-order valence-electron chi connectivity index (χ4n) is 2.03. The molecule has 0 unspecified atom stereocenters. The fraction of sp³-hybridized carbons (Fsp3) is 0.250. The molecule has 104 valence electrons. The Balaban J connectivity index is 2.07. The van der Waals surface area contributed by atoms with Gasteiger partial charge in [0.2, 0.25) is 5.95 Å². The third kappa shape index (κ3) is 2.25. The summed E-state index contributed by atoms with van der Waals surface area (Å²) in [5.41, 5.74) is 5.67. The molecule has 1 aliphatic heterocycles. The molecule has 1 fully saturated rings. The number of anilines is 1. The number of nitrogens with two attached hydrogens (primary N) is 1. The number of aromatic nitrogens is 3. The van der Waals surface area contributed by atoms with Crippen LogP contribution in [0.2, 0.25) is 5.02 Å². The van der Waals surface area contributed by atoms with Gasteiger partial charge >= 0.3 is 0 Å². The maximum absolute atomic E-state index is 13.1. The first-order valence-corrected chi connectivity index (χ1v) is 6.34. The Bertz CT molecular complexity index is 713. The second-order valence-corrected chi connectivity index (χ2v) is 4.96. The summed E-state index contributed by atoms with van der Waals surface area (Å²) in [4.78, 5) is 23.9. The molecule has 1 aliphatic rings. The first-order chi connectivity index (χ1) is 9.54. The average Bonchev–Trinajstić information content (AvgIpc) is 2.38. The van der Waals surface area contributed by atoms with E-state index < -0.39 is 11.5 Å². The van der Waals surface area contributed by atoms with E-state index in [0.29, 0.717) is 24.5 Å². The van der Waals surface area contributed by atoms with Gasteiger partial charge in [0, 0.05) is 37.0 Å². The van der Waals surface area contributed by atoms with Crippen LogP contribution in [0.3, 0.4) is 0 Å². The largest absolute Gasteiger partial charge is 0.352 e. The molecule has 2 aromatic heterocycles. The Morgan fingerprint density at radius 2 is 2.25 bits per heavy atom. The monoisotopic (exact) mass is 295 g/mol. The molecule has 0 spiro atoms. The van der Waals surface area contributed by atoms with Crippen molar-refractivity contribution in [3.05, 3.63) is 39.7 Å². The van der Waals surface area contributed by atoms with Gasteiger partial charge in [0.15, 0.2) is 5.82 Å². The van der Waals surface area contributed by atoms with E-state index >= 15 is 0 Å². The topological polar surface area (TPSA) is 87.9 Å². The molecule has 6 nitrogen and oxygen atoms in total. The first-order valence-electron chi connectivity index (χ1n) is 5.97. The molecular formula is C12H11ClFN5O. The highest BCUT2D eigenvalue weighted by atomic mass is 35.5. The summed E-state index contributed by atoms with van der Waals surface area (Å²) >= 11 is 5.96. The number of hydrogen-bond acceptors (Lipinski definition) is 5. The van der Waals surface area contributed by atoms with Crippen LogP contribution in [0.5, 0.6) is 0 Å². The Kier molecular flexibility index (Phi) is 3.15. The molecule has 20 heavy (non-hydrogen) atoms. The van der Waals surface area contributed by atoms with Crippen LogP contribution in [0.25, 0.3) is 11.4 Å². The van der Waals surface area contributed by atoms with Crippen molar-refractivity contribution in [2.24, 2.45) is 5.73 Å². The zero-order chi connectivity index (χ0) is 14.3. The molecule has 8 heteroatoms. The smallest absolute Gasteiger partial charge is 0.272 e. The second kappa shape index (κ2) is 4.84. The quantitative estimate of drug-likeness (QED) is 0.799. The maximum atomic E-state index is 13.1. The van der Waals surface area contributed by atoms with Crippen molar-refractivity contribution in [1.82, 2.24) is 15.0 Å². The minimum Gasteiger partial charge on any atom is -0.352 e. The zero-order valence-corrected chi connectivity index (χ0v) is 11.1. The van der Waals surface area contributed by atoms with E-state index in [1.54, 1.807) is 6.07 Å². The van der Waals surface area contributed by atoms with E-state index in [9.17, 15) is 9.18 Å². The van der Waals surface area contributed by atoms with Gasteiger partial charge in [-0.1, -0.05) is 11.6 Å². The molecule has 0 saturated carbocycles. The minimum atomic E-state index is -0.646. The molecule has 0 aromatic carbocycles. The van der Waals surface area contributed by atoms with Crippen molar-refractivity contribution in [3.63, 3.8) is 0 Å². The number of rotatable bonds is 2. The summed E-state index contributed by atoms with van der Waals surface area (Å²) in [6.07, 6.45) is 1.30. The van der Waals surface area contributed by atoms with Gasteiger partial charge in [0.05, 0.1) is 0 Å². The SMILES string of the molecule is NC1CN(c2nc(-c3ccnc(F)c3)[nH]c(=O)c2Cl)C1. The summed E-state index contributed by atoms with van der Waals surface area (Å²) < 4.78 is 13.1. The van der Waals surface area contributed by atoms with Crippen LogP contribution in [-0.2, 0) is 0 Å². The van der Waals surface area contributed by atoms with Crippen molar-refractivity contribution < 1.29 is 4.39 Å². The van der Waals surface area contributed by atoms with Crippen LogP contribution in [0.4, 0.5) is 10.2 Å². The lowest BCUT2D eigenvalue weighted by Crippen LogP contribution is -2.56. The lowest BCUT2D eigenvalue weighted by molar-refractivity contribution is 0.514. The van der Waals surface area contributed by atoms with Gasteiger partial charge in [-0.3, -0.25) is 4.79 Å². The Morgan fingerprint density at radius 1 is 1.50 bits per heavy atom. The highest BCUT2D eigenvalue weighted by molar-refractivity contribution is 6.32. The maximum Gasteiger partial charge on any atom is 0.272 e. The highest BCUT2D eigenvalue weighted by Crippen LogP contribution is 2.26. The number of halogens is 2. The second-order valence-electron chi connectivity index (χ2n) is 4.58. The molecule has 0 aliphatic carbocycles. The standard InChI is InChI=1S/C12H11ClFN5O/c13-9-11(19-4-7(15)5-19)17-10(18-12(9)20)6-1-2-16-8(14)3-6/h1-3,7H,4-5,15H2,(H,17,18,20). The number of nitrogens with zero attached hydrogens (tertiary/aromatic N) is 3. The molecule has 2 aromatic rings. The molecule has 0 radical (unpaired) electrons. The average molecular weight is 296 g/mol. The number of nitrogens with one attached hydrogen (secondary N) is 1. The van der Waals surface area contributed by atoms with Crippen LogP contribution >= 0.6 is 11.6 Å². The van der Waals surface area contributed by atoms with Crippen LogP contribution < -0.4 is 16.2 Å². The predicted molar refractivity (Wildman–Crippen MR) is 73.2 cm³/mol. The number of H-pyrrole nitrogens is 1. The van der Waals surface area contributed by atoms with E-state index in [2.05, 4.69) is 15.0 Å².